The molecule has 0 amide bonds. The Balaban J connectivity index is 2.35. The lowest BCUT2D eigenvalue weighted by molar-refractivity contribution is 0.103. The number of rotatable bonds is 2. The van der Waals surface area contributed by atoms with E-state index < -0.39 is 5.82 Å². The van der Waals surface area contributed by atoms with Crippen molar-refractivity contribution in [2.75, 3.05) is 0 Å². The van der Waals surface area contributed by atoms with Crippen molar-refractivity contribution in [3.63, 3.8) is 0 Å². The Kier molecular flexibility index (Phi) is 3.05. The number of pyridine rings is 2. The average molecular weight is 281 g/mol. The first-order valence-electron chi connectivity index (χ1n) is 4.43. The summed E-state index contributed by atoms with van der Waals surface area (Å²) in [6.07, 6.45) is 3.88. The van der Waals surface area contributed by atoms with Gasteiger partial charge in [0.2, 0.25) is 5.78 Å². The van der Waals surface area contributed by atoms with Crippen LogP contribution in [-0.4, -0.2) is 15.8 Å². The Hall–Kier alpha value is -1.62. The average Bonchev–Trinajstić information content (AvgIpc) is 2.29. The van der Waals surface area contributed by atoms with Gasteiger partial charge in [0.05, 0.1) is 6.20 Å². The van der Waals surface area contributed by atoms with Crippen molar-refractivity contribution in [1.29, 1.82) is 0 Å². The van der Waals surface area contributed by atoms with Crippen LogP contribution in [0.3, 0.4) is 0 Å². The molecular weight excluding hydrogens is 275 g/mol. The zero-order chi connectivity index (χ0) is 11.5. The molecule has 16 heavy (non-hydrogen) atoms. The third kappa shape index (κ3) is 2.30. The van der Waals surface area contributed by atoms with E-state index in [0.717, 1.165) is 16.7 Å². The third-order valence-electron chi connectivity index (χ3n) is 1.93. The smallest absolute Gasteiger partial charge is 0.212 e. The van der Waals surface area contributed by atoms with Crippen LogP contribution in [0.5, 0.6) is 0 Å². The molecule has 2 heterocycles. The van der Waals surface area contributed by atoms with Crippen LogP contribution >= 0.6 is 15.9 Å². The molecule has 0 unspecified atom stereocenters. The van der Waals surface area contributed by atoms with Gasteiger partial charge in [-0.1, -0.05) is 0 Å². The minimum absolute atomic E-state index is 0.190. The van der Waals surface area contributed by atoms with Crippen molar-refractivity contribution < 1.29 is 9.18 Å². The van der Waals surface area contributed by atoms with E-state index in [9.17, 15) is 9.18 Å². The monoisotopic (exact) mass is 280 g/mol. The Morgan fingerprint density at radius 2 is 2.06 bits per heavy atom. The van der Waals surface area contributed by atoms with E-state index in [1.807, 2.05) is 0 Å². The van der Waals surface area contributed by atoms with Crippen molar-refractivity contribution in [1.82, 2.24) is 9.97 Å². The van der Waals surface area contributed by atoms with Gasteiger partial charge in [0.1, 0.15) is 11.5 Å². The molecule has 80 valence electrons. The van der Waals surface area contributed by atoms with Crippen LogP contribution in [0.15, 0.2) is 41.3 Å². The van der Waals surface area contributed by atoms with Gasteiger partial charge >= 0.3 is 0 Å². The minimum atomic E-state index is -0.539. The Labute approximate surface area is 99.5 Å². The number of ketones is 1. The van der Waals surface area contributed by atoms with E-state index in [2.05, 4.69) is 25.9 Å². The van der Waals surface area contributed by atoms with Crippen molar-refractivity contribution in [3.8, 4) is 0 Å². The van der Waals surface area contributed by atoms with Crippen molar-refractivity contribution in [2.45, 2.75) is 0 Å². The summed E-state index contributed by atoms with van der Waals surface area (Å²) >= 11 is 3.22. The van der Waals surface area contributed by atoms with Crippen molar-refractivity contribution in [2.24, 2.45) is 0 Å². The lowest BCUT2D eigenvalue weighted by Crippen LogP contribution is -2.04. The summed E-state index contributed by atoms with van der Waals surface area (Å²) in [6, 6.07) is 4.41. The number of aromatic nitrogens is 2. The Bertz CT molecular complexity index is 528. The fourth-order valence-corrected chi connectivity index (χ4v) is 1.43. The summed E-state index contributed by atoms with van der Waals surface area (Å²) in [4.78, 5) is 19.4. The first kappa shape index (κ1) is 10.9. The van der Waals surface area contributed by atoms with Crippen LogP contribution in [-0.2, 0) is 0 Å². The fourth-order valence-electron chi connectivity index (χ4n) is 1.19. The van der Waals surface area contributed by atoms with Gasteiger partial charge in [-0.25, -0.2) is 4.39 Å². The molecule has 5 heteroatoms. The van der Waals surface area contributed by atoms with Crippen molar-refractivity contribution >= 4 is 21.7 Å². The maximum atomic E-state index is 12.9. The molecule has 0 aliphatic heterocycles. The zero-order valence-electron chi connectivity index (χ0n) is 8.02. The van der Waals surface area contributed by atoms with Crippen LogP contribution < -0.4 is 0 Å². The molecule has 0 atom stereocenters. The second kappa shape index (κ2) is 4.49. The van der Waals surface area contributed by atoms with Gasteiger partial charge in [-0.2, -0.15) is 0 Å². The normalized spacial score (nSPS) is 10.1. The molecule has 0 aliphatic carbocycles. The Morgan fingerprint density at radius 1 is 1.25 bits per heavy atom. The molecule has 0 N–H and O–H groups in total. The number of hydrogen-bond donors (Lipinski definition) is 0. The minimum Gasteiger partial charge on any atom is -0.287 e. The molecule has 0 saturated carbocycles. The molecule has 0 bridgehead atoms. The van der Waals surface area contributed by atoms with Crippen LogP contribution in [0, 0.1) is 5.82 Å². The van der Waals surface area contributed by atoms with Crippen LogP contribution in [0.25, 0.3) is 0 Å². The Morgan fingerprint density at radius 3 is 2.69 bits per heavy atom. The van der Waals surface area contributed by atoms with Crippen LogP contribution in [0.2, 0.25) is 0 Å². The molecule has 0 fully saturated rings. The molecule has 0 aromatic carbocycles. The van der Waals surface area contributed by atoms with Gasteiger partial charge in [-0.05, 0) is 34.1 Å². The predicted molar refractivity (Wildman–Crippen MR) is 59.6 cm³/mol. The molecule has 0 saturated heterocycles. The van der Waals surface area contributed by atoms with E-state index in [-0.39, 0.29) is 17.0 Å². The number of carbonyl (C=O) groups is 1. The summed E-state index contributed by atoms with van der Waals surface area (Å²) in [7, 11) is 0. The quantitative estimate of drug-likeness (QED) is 0.795. The van der Waals surface area contributed by atoms with Crippen LogP contribution in [0.4, 0.5) is 4.39 Å². The molecule has 2 aromatic heterocycles. The first-order chi connectivity index (χ1) is 7.66. The molecule has 0 spiro atoms. The first-order valence-corrected chi connectivity index (χ1v) is 5.23. The van der Waals surface area contributed by atoms with E-state index in [1.54, 1.807) is 12.1 Å². The molecule has 2 rings (SSSR count). The molecule has 0 radical (unpaired) electrons. The second-order valence-electron chi connectivity index (χ2n) is 3.08. The summed E-state index contributed by atoms with van der Waals surface area (Å²) in [5.41, 5.74) is 0.449. The molecular formula is C11H6BrFN2O. The van der Waals surface area contributed by atoms with Gasteiger partial charge in [0, 0.05) is 22.4 Å². The number of hydrogen-bond acceptors (Lipinski definition) is 3. The predicted octanol–water partition coefficient (Wildman–Crippen LogP) is 2.61. The zero-order valence-corrected chi connectivity index (χ0v) is 9.61. The molecule has 2 aromatic rings. The lowest BCUT2D eigenvalue weighted by atomic mass is 10.1. The van der Waals surface area contributed by atoms with E-state index in [0.29, 0.717) is 0 Å². The number of halogens is 2. The van der Waals surface area contributed by atoms with E-state index >= 15 is 0 Å². The van der Waals surface area contributed by atoms with Gasteiger partial charge < -0.3 is 0 Å². The highest BCUT2D eigenvalue weighted by Gasteiger charge is 2.11. The standard InChI is InChI=1S/C11H6BrFN2O/c12-8-1-2-10(15-5-8)11(16)7-3-9(13)6-14-4-7/h1-6H. The third-order valence-corrected chi connectivity index (χ3v) is 2.40. The fraction of sp³-hybridized carbons (Fsp3) is 0. The maximum Gasteiger partial charge on any atom is 0.212 e. The van der Waals surface area contributed by atoms with Crippen molar-refractivity contribution in [3.05, 3.63) is 58.3 Å². The highest BCUT2D eigenvalue weighted by molar-refractivity contribution is 9.10. The van der Waals surface area contributed by atoms with Crippen LogP contribution in [0.1, 0.15) is 16.1 Å². The van der Waals surface area contributed by atoms with Gasteiger partial charge in [0.25, 0.3) is 0 Å². The van der Waals surface area contributed by atoms with Gasteiger partial charge in [-0.15, -0.1) is 0 Å². The maximum absolute atomic E-state index is 12.9. The largest absolute Gasteiger partial charge is 0.287 e. The summed E-state index contributed by atoms with van der Waals surface area (Å²) < 4.78 is 13.6. The summed E-state index contributed by atoms with van der Waals surface area (Å²) in [6.45, 7) is 0. The SMILES string of the molecule is O=C(c1cncc(F)c1)c1ccc(Br)cn1. The van der Waals surface area contributed by atoms with E-state index in [4.69, 9.17) is 0 Å². The summed E-state index contributed by atoms with van der Waals surface area (Å²) in [5, 5.41) is 0. The number of carbonyl (C=O) groups excluding carboxylic acids is 1. The van der Waals surface area contributed by atoms with E-state index in [1.165, 1.54) is 12.4 Å². The highest BCUT2D eigenvalue weighted by atomic mass is 79.9. The highest BCUT2D eigenvalue weighted by Crippen LogP contribution is 2.11. The second-order valence-corrected chi connectivity index (χ2v) is 4.00. The summed E-state index contributed by atoms with van der Waals surface area (Å²) in [5.74, 6) is -0.887. The van der Waals surface area contributed by atoms with Gasteiger partial charge in [0.15, 0.2) is 0 Å². The topological polar surface area (TPSA) is 42.9 Å². The molecule has 0 aliphatic rings. The number of nitrogens with zero attached hydrogens (tertiary/aromatic N) is 2. The van der Waals surface area contributed by atoms with Gasteiger partial charge in [-0.3, -0.25) is 14.8 Å². The lowest BCUT2D eigenvalue weighted by Gasteiger charge is -1.99. The molecule has 3 nitrogen and oxygen atoms in total.